The van der Waals surface area contributed by atoms with Gasteiger partial charge in [-0.3, -0.25) is 19.9 Å². The van der Waals surface area contributed by atoms with Crippen LogP contribution in [0.15, 0.2) is 92.9 Å². The lowest BCUT2D eigenvalue weighted by Gasteiger charge is -2.08. The molecule has 0 atom stereocenters. The topological polar surface area (TPSA) is 120 Å². The molecule has 0 bridgehead atoms. The van der Waals surface area contributed by atoms with Crippen LogP contribution in [-0.4, -0.2) is 48.8 Å². The molecule has 0 amide bonds. The molecule has 0 N–H and O–H groups in total. The zero-order valence-electron chi connectivity index (χ0n) is 18.7. The zero-order chi connectivity index (χ0) is 25.1. The van der Waals surface area contributed by atoms with E-state index in [0.717, 1.165) is 16.0 Å². The number of hydrogen-bond acceptors (Lipinski definition) is 10. The van der Waals surface area contributed by atoms with Crippen LogP contribution in [0.4, 0.5) is 0 Å². The first-order valence-corrected chi connectivity index (χ1v) is 16.0. The highest BCUT2D eigenvalue weighted by Gasteiger charge is 2.19. The second-order valence-corrected chi connectivity index (χ2v) is 13.8. The summed E-state index contributed by atoms with van der Waals surface area (Å²) in [4.78, 5) is 19.3. The van der Waals surface area contributed by atoms with Crippen molar-refractivity contribution in [3.8, 4) is 22.8 Å². The largest absolute Gasteiger partial charge is 0.253 e. The van der Waals surface area contributed by atoms with Crippen LogP contribution in [0.25, 0.3) is 22.8 Å². The lowest BCUT2D eigenvalue weighted by atomic mass is 10.2. The fraction of sp³-hybridized carbons (Fsp3) is 0.130. The van der Waals surface area contributed by atoms with Gasteiger partial charge in [0.25, 0.3) is 0 Å². The van der Waals surface area contributed by atoms with Gasteiger partial charge >= 0.3 is 0 Å². The predicted molar refractivity (Wildman–Crippen MR) is 137 cm³/mol. The molecule has 0 fully saturated rings. The van der Waals surface area contributed by atoms with Crippen LogP contribution in [0.2, 0.25) is 0 Å². The van der Waals surface area contributed by atoms with Gasteiger partial charge in [0.15, 0.2) is 19.7 Å². The maximum Gasteiger partial charge on any atom is 0.180 e. The summed E-state index contributed by atoms with van der Waals surface area (Å²) >= 11 is 0. The minimum atomic E-state index is -3.43. The molecule has 0 saturated heterocycles. The van der Waals surface area contributed by atoms with E-state index in [0.29, 0.717) is 22.8 Å². The van der Waals surface area contributed by atoms with Gasteiger partial charge in [0.05, 0.1) is 26.9 Å². The monoisotopic (exact) mass is 544 g/mol. The lowest BCUT2D eigenvalue weighted by Crippen LogP contribution is -2.07. The van der Waals surface area contributed by atoms with Crippen LogP contribution in [-0.2, 0) is 19.7 Å². The molecule has 12 heteroatoms. The molecule has 0 aliphatic rings. The highest BCUT2D eigenvalue weighted by atomic mass is 33.1. The van der Waals surface area contributed by atoms with Crippen molar-refractivity contribution in [2.75, 3.05) is 12.0 Å². The van der Waals surface area contributed by atoms with E-state index in [4.69, 9.17) is 0 Å². The molecule has 4 aromatic rings. The van der Waals surface area contributed by atoms with Gasteiger partial charge in [-0.05, 0) is 48.5 Å². The Balaban J connectivity index is 1.48. The number of pyridine rings is 4. The molecule has 8 nitrogen and oxygen atoms in total. The van der Waals surface area contributed by atoms with Crippen LogP contribution in [0, 0.1) is 0 Å². The summed E-state index contributed by atoms with van der Waals surface area (Å²) in [5, 5.41) is 0. The first-order valence-electron chi connectivity index (χ1n) is 10.3. The van der Waals surface area contributed by atoms with E-state index < -0.39 is 19.7 Å². The van der Waals surface area contributed by atoms with Crippen LogP contribution in [0.1, 0.15) is 6.92 Å². The number of sulfone groups is 2. The summed E-state index contributed by atoms with van der Waals surface area (Å²) in [6.45, 7) is 1.60. The van der Waals surface area contributed by atoms with E-state index in [-0.39, 0.29) is 15.5 Å². The molecule has 0 radical (unpaired) electrons. The van der Waals surface area contributed by atoms with Crippen molar-refractivity contribution in [2.24, 2.45) is 0 Å². The van der Waals surface area contributed by atoms with Gasteiger partial charge in [-0.15, -0.1) is 0 Å². The lowest BCUT2D eigenvalue weighted by molar-refractivity contribution is 0.596. The van der Waals surface area contributed by atoms with Gasteiger partial charge in [0.1, 0.15) is 11.4 Å². The van der Waals surface area contributed by atoms with Gasteiger partial charge in [-0.25, -0.2) is 16.8 Å². The fourth-order valence-corrected chi connectivity index (χ4v) is 6.79. The summed E-state index contributed by atoms with van der Waals surface area (Å²) in [6.07, 6.45) is 7.55. The molecule has 35 heavy (non-hydrogen) atoms. The van der Waals surface area contributed by atoms with Gasteiger partial charge < -0.3 is 0 Å². The smallest absolute Gasteiger partial charge is 0.180 e. The summed E-state index contributed by atoms with van der Waals surface area (Å²) in [6, 6.07) is 13.4. The second-order valence-electron chi connectivity index (χ2n) is 7.30. The molecular formula is C23H20N4O4S4. The SMILES string of the molecule is CCS(=O)(=O)c1cccnc1-c1ccc(SSc2ccc(-c3ncccc3S(C)(=O)=O)nc2)cn1. The Morgan fingerprint density at radius 3 is 1.60 bits per heavy atom. The fourth-order valence-electron chi connectivity index (χ4n) is 3.11. The van der Waals surface area contributed by atoms with E-state index in [1.54, 1.807) is 55.8 Å². The number of hydrogen-bond donors (Lipinski definition) is 0. The van der Waals surface area contributed by atoms with Crippen molar-refractivity contribution < 1.29 is 16.8 Å². The van der Waals surface area contributed by atoms with Crippen molar-refractivity contribution in [1.29, 1.82) is 0 Å². The third kappa shape index (κ3) is 5.89. The van der Waals surface area contributed by atoms with Gasteiger partial charge in [0, 0.05) is 40.8 Å². The predicted octanol–water partition coefficient (Wildman–Crippen LogP) is 4.60. The van der Waals surface area contributed by atoms with Gasteiger partial charge in [-0.2, -0.15) is 0 Å². The molecule has 0 spiro atoms. The normalized spacial score (nSPS) is 11.9. The van der Waals surface area contributed by atoms with Crippen molar-refractivity contribution >= 4 is 41.3 Å². The third-order valence-corrected chi connectivity index (χ3v) is 10.1. The Bertz CT molecular complexity index is 1560. The first-order chi connectivity index (χ1) is 16.7. The molecule has 0 unspecified atom stereocenters. The van der Waals surface area contributed by atoms with Crippen molar-refractivity contribution in [3.63, 3.8) is 0 Å². The van der Waals surface area contributed by atoms with E-state index in [2.05, 4.69) is 19.9 Å². The van der Waals surface area contributed by atoms with E-state index >= 15 is 0 Å². The Morgan fingerprint density at radius 2 is 1.17 bits per heavy atom. The molecule has 4 aromatic heterocycles. The molecule has 180 valence electrons. The quantitative estimate of drug-likeness (QED) is 0.291. The Kier molecular flexibility index (Phi) is 7.55. The maximum absolute atomic E-state index is 12.4. The summed E-state index contributed by atoms with van der Waals surface area (Å²) in [7, 11) is -3.93. The Morgan fingerprint density at radius 1 is 0.686 bits per heavy atom. The van der Waals surface area contributed by atoms with E-state index in [9.17, 15) is 16.8 Å². The van der Waals surface area contributed by atoms with Gasteiger partial charge in [0.2, 0.25) is 0 Å². The van der Waals surface area contributed by atoms with Crippen molar-refractivity contribution in [1.82, 2.24) is 19.9 Å². The zero-order valence-corrected chi connectivity index (χ0v) is 22.0. The van der Waals surface area contributed by atoms with Crippen LogP contribution >= 0.6 is 21.6 Å². The molecule has 0 aromatic carbocycles. The molecule has 0 aliphatic carbocycles. The molecule has 4 rings (SSSR count). The summed E-state index contributed by atoms with van der Waals surface area (Å²) in [5.41, 5.74) is 1.61. The summed E-state index contributed by atoms with van der Waals surface area (Å²) in [5.74, 6) is -0.0149. The third-order valence-electron chi connectivity index (χ3n) is 4.85. The average molecular weight is 545 g/mol. The highest BCUT2D eigenvalue weighted by molar-refractivity contribution is 8.76. The number of rotatable bonds is 8. The Labute approximate surface area is 211 Å². The molecule has 0 saturated carbocycles. The maximum atomic E-state index is 12.4. The molecular weight excluding hydrogens is 525 g/mol. The summed E-state index contributed by atoms with van der Waals surface area (Å²) < 4.78 is 48.8. The van der Waals surface area contributed by atoms with Crippen molar-refractivity contribution in [3.05, 3.63) is 73.3 Å². The second kappa shape index (κ2) is 10.4. The van der Waals surface area contributed by atoms with Crippen LogP contribution < -0.4 is 0 Å². The molecule has 0 aliphatic heterocycles. The van der Waals surface area contributed by atoms with Crippen molar-refractivity contribution in [2.45, 2.75) is 26.5 Å². The minimum Gasteiger partial charge on any atom is -0.253 e. The van der Waals surface area contributed by atoms with E-state index in [1.165, 1.54) is 33.9 Å². The standard InChI is InChI=1S/C23H20N4O4S4/c1-3-35(30,31)21-7-5-13-25-23(21)19-11-9-17(15-27-19)33-32-16-8-10-18(26-14-16)22-20(34(2,28)29)6-4-12-24-22/h4-15H,3H2,1-2H3. The number of nitrogens with zero attached hydrogens (tertiary/aromatic N) is 4. The van der Waals surface area contributed by atoms with Crippen LogP contribution in [0.5, 0.6) is 0 Å². The van der Waals surface area contributed by atoms with Crippen LogP contribution in [0.3, 0.4) is 0 Å². The number of aromatic nitrogens is 4. The Hall–Kier alpha value is -2.80. The van der Waals surface area contributed by atoms with Gasteiger partial charge in [-0.1, -0.05) is 28.5 Å². The van der Waals surface area contributed by atoms with E-state index in [1.807, 2.05) is 12.1 Å². The average Bonchev–Trinajstić information content (AvgIpc) is 2.87. The minimum absolute atomic E-state index is 0.0149. The highest BCUT2D eigenvalue weighted by Crippen LogP contribution is 2.38. The molecule has 4 heterocycles. The first kappa shape index (κ1) is 25.3.